The van der Waals surface area contributed by atoms with Gasteiger partial charge in [0.05, 0.1) is 13.2 Å². The summed E-state index contributed by atoms with van der Waals surface area (Å²) >= 11 is 7.49. The lowest BCUT2D eigenvalue weighted by atomic mass is 10.1. The first-order valence-electron chi connectivity index (χ1n) is 10.0. The molecule has 0 aliphatic rings. The van der Waals surface area contributed by atoms with Crippen molar-refractivity contribution in [2.75, 3.05) is 26.0 Å². The molecule has 1 atom stereocenters. The first kappa shape index (κ1) is 24.4. The number of hydrogen-bond donors (Lipinski definition) is 1. The lowest BCUT2D eigenvalue weighted by molar-refractivity contribution is -0.131. The number of thioether (sulfide) groups is 1. The van der Waals surface area contributed by atoms with Gasteiger partial charge in [0, 0.05) is 28.8 Å². The molecule has 0 aliphatic heterocycles. The zero-order chi connectivity index (χ0) is 21.9. The third-order valence-corrected chi connectivity index (χ3v) is 5.51. The van der Waals surface area contributed by atoms with Gasteiger partial charge in [0.1, 0.15) is 6.10 Å². The van der Waals surface area contributed by atoms with E-state index in [0.29, 0.717) is 36.1 Å². The molecular weight excluding hydrogens is 422 g/mol. The van der Waals surface area contributed by atoms with Crippen molar-refractivity contribution in [2.45, 2.75) is 44.3 Å². The highest BCUT2D eigenvalue weighted by atomic mass is 35.5. The fourth-order valence-corrected chi connectivity index (χ4v) is 3.81. The van der Waals surface area contributed by atoms with E-state index in [2.05, 4.69) is 5.32 Å². The van der Waals surface area contributed by atoms with Crippen LogP contribution < -0.4 is 14.8 Å². The van der Waals surface area contributed by atoms with Crippen molar-refractivity contribution in [1.82, 2.24) is 5.32 Å². The maximum Gasteiger partial charge on any atom is 0.250 e. The summed E-state index contributed by atoms with van der Waals surface area (Å²) in [6.45, 7) is 6.83. The van der Waals surface area contributed by atoms with Gasteiger partial charge in [-0.05, 0) is 69.2 Å². The molecule has 1 amide bonds. The van der Waals surface area contributed by atoms with Gasteiger partial charge in [-0.2, -0.15) is 0 Å². The van der Waals surface area contributed by atoms with Crippen LogP contribution in [0.1, 0.15) is 26.3 Å². The maximum atomic E-state index is 12.6. The summed E-state index contributed by atoms with van der Waals surface area (Å²) < 4.78 is 16.8. The van der Waals surface area contributed by atoms with Crippen LogP contribution in [-0.4, -0.2) is 44.1 Å². The number of carbonyl (C=O) groups excluding carboxylic acids is 1. The van der Waals surface area contributed by atoms with Crippen LogP contribution in [0.4, 0.5) is 0 Å². The normalized spacial score (nSPS) is 11.9. The van der Waals surface area contributed by atoms with Crippen LogP contribution in [0.15, 0.2) is 47.4 Å². The highest BCUT2D eigenvalue weighted by Gasteiger charge is 2.19. The van der Waals surface area contributed by atoms with Crippen molar-refractivity contribution in [3.63, 3.8) is 0 Å². The van der Waals surface area contributed by atoms with Crippen molar-refractivity contribution in [3.8, 4) is 11.5 Å². The van der Waals surface area contributed by atoms with Crippen LogP contribution in [0.5, 0.6) is 11.5 Å². The molecule has 0 heterocycles. The van der Waals surface area contributed by atoms with Crippen molar-refractivity contribution in [1.29, 1.82) is 0 Å². The van der Waals surface area contributed by atoms with Crippen molar-refractivity contribution >= 4 is 29.3 Å². The second-order valence-electron chi connectivity index (χ2n) is 6.90. The van der Waals surface area contributed by atoms with Gasteiger partial charge in [-0.1, -0.05) is 17.7 Å². The topological polar surface area (TPSA) is 56.8 Å². The lowest BCUT2D eigenvalue weighted by Crippen LogP contribution is -2.39. The quantitative estimate of drug-likeness (QED) is 0.460. The molecule has 30 heavy (non-hydrogen) atoms. The van der Waals surface area contributed by atoms with Gasteiger partial charge in [0.15, 0.2) is 11.5 Å². The molecule has 0 fully saturated rings. The Kier molecular flexibility index (Phi) is 10.3. The number of benzene rings is 2. The molecule has 2 aromatic carbocycles. The molecule has 0 unspecified atom stereocenters. The maximum absolute atomic E-state index is 12.6. The first-order valence-corrected chi connectivity index (χ1v) is 11.4. The Labute approximate surface area is 188 Å². The number of carbonyl (C=O) groups is 1. The molecule has 0 saturated carbocycles. The highest BCUT2D eigenvalue weighted by molar-refractivity contribution is 7.99. The van der Waals surface area contributed by atoms with E-state index in [1.165, 1.54) is 0 Å². The third kappa shape index (κ3) is 8.09. The zero-order valence-electron chi connectivity index (χ0n) is 17.9. The van der Waals surface area contributed by atoms with Gasteiger partial charge in [-0.15, -0.1) is 11.8 Å². The summed E-state index contributed by atoms with van der Waals surface area (Å²) in [5, 5.41) is 3.67. The third-order valence-electron chi connectivity index (χ3n) is 4.18. The molecule has 0 aromatic heterocycles. The fourth-order valence-electron chi connectivity index (χ4n) is 2.77. The molecule has 0 spiro atoms. The lowest BCUT2D eigenvalue weighted by Gasteiger charge is -2.17. The van der Waals surface area contributed by atoms with Gasteiger partial charge >= 0.3 is 0 Å². The minimum absolute atomic E-state index is 0.0743. The molecule has 0 radical (unpaired) electrons. The van der Waals surface area contributed by atoms with E-state index in [1.54, 1.807) is 18.9 Å². The Morgan fingerprint density at radius 2 is 1.87 bits per heavy atom. The highest BCUT2D eigenvalue weighted by Crippen LogP contribution is 2.29. The number of rotatable bonds is 12. The Morgan fingerprint density at radius 3 is 2.50 bits per heavy atom. The van der Waals surface area contributed by atoms with Crippen LogP contribution in [0.3, 0.4) is 0 Å². The molecule has 7 heteroatoms. The van der Waals surface area contributed by atoms with Crippen LogP contribution in [0.25, 0.3) is 0 Å². The average Bonchev–Trinajstić information content (AvgIpc) is 2.72. The number of halogens is 1. The zero-order valence-corrected chi connectivity index (χ0v) is 19.5. The van der Waals surface area contributed by atoms with Crippen LogP contribution >= 0.6 is 23.4 Å². The van der Waals surface area contributed by atoms with E-state index in [0.717, 1.165) is 16.2 Å². The number of amides is 1. The van der Waals surface area contributed by atoms with E-state index in [9.17, 15) is 4.79 Å². The minimum atomic E-state index is -0.507. The monoisotopic (exact) mass is 451 g/mol. The molecule has 1 N–H and O–H groups in total. The largest absolute Gasteiger partial charge is 0.493 e. The molecule has 164 valence electrons. The standard InChI is InChI=1S/C23H30ClNO4S/c1-5-28-22(15-30-19-9-7-18(24)8-10-19)23(26)25-13-12-17-6-11-20(29-16(2)3)21(14-17)27-4/h6-11,14,16,22H,5,12-13,15H2,1-4H3,(H,25,26)/t22-/m0/s1. The first-order chi connectivity index (χ1) is 14.4. The predicted molar refractivity (Wildman–Crippen MR) is 123 cm³/mol. The number of ether oxygens (including phenoxy) is 3. The second-order valence-corrected chi connectivity index (χ2v) is 8.43. The second kappa shape index (κ2) is 12.7. The number of nitrogens with one attached hydrogen (secondary N) is 1. The fraction of sp³-hybridized carbons (Fsp3) is 0.435. The Bertz CT molecular complexity index is 798. The van der Waals surface area contributed by atoms with Crippen LogP contribution in [0, 0.1) is 0 Å². The van der Waals surface area contributed by atoms with Gasteiger partial charge in [-0.3, -0.25) is 4.79 Å². The molecule has 0 aliphatic carbocycles. The average molecular weight is 452 g/mol. The summed E-state index contributed by atoms with van der Waals surface area (Å²) in [7, 11) is 1.62. The van der Waals surface area contributed by atoms with E-state index in [-0.39, 0.29) is 12.0 Å². The molecule has 2 rings (SSSR count). The minimum Gasteiger partial charge on any atom is -0.493 e. The van der Waals surface area contributed by atoms with E-state index in [1.807, 2.05) is 63.2 Å². The molecule has 2 aromatic rings. The van der Waals surface area contributed by atoms with Crippen molar-refractivity contribution in [3.05, 3.63) is 53.1 Å². The summed E-state index contributed by atoms with van der Waals surface area (Å²) in [6.07, 6.45) is 0.255. The number of methoxy groups -OCH3 is 1. The Balaban J connectivity index is 1.86. The van der Waals surface area contributed by atoms with E-state index >= 15 is 0 Å². The smallest absolute Gasteiger partial charge is 0.250 e. The van der Waals surface area contributed by atoms with E-state index in [4.69, 9.17) is 25.8 Å². The van der Waals surface area contributed by atoms with Crippen molar-refractivity contribution < 1.29 is 19.0 Å². The molecule has 0 bridgehead atoms. The SMILES string of the molecule is CCO[C@@H](CSc1ccc(Cl)cc1)C(=O)NCCc1ccc(OC(C)C)c(OC)c1. The van der Waals surface area contributed by atoms with Crippen LogP contribution in [0.2, 0.25) is 5.02 Å². The van der Waals surface area contributed by atoms with E-state index < -0.39 is 6.10 Å². The van der Waals surface area contributed by atoms with Crippen molar-refractivity contribution in [2.24, 2.45) is 0 Å². The van der Waals surface area contributed by atoms with Gasteiger partial charge in [0.2, 0.25) is 5.91 Å². The number of hydrogen-bond acceptors (Lipinski definition) is 5. The summed E-state index contributed by atoms with van der Waals surface area (Å²) in [5.74, 6) is 1.84. The molecule has 0 saturated heterocycles. The summed E-state index contributed by atoms with van der Waals surface area (Å²) in [6, 6.07) is 13.4. The van der Waals surface area contributed by atoms with Gasteiger partial charge < -0.3 is 19.5 Å². The molecule has 5 nitrogen and oxygen atoms in total. The molecular formula is C23H30ClNO4S. The summed E-state index contributed by atoms with van der Waals surface area (Å²) in [5.41, 5.74) is 1.06. The van der Waals surface area contributed by atoms with Crippen LogP contribution in [-0.2, 0) is 16.0 Å². The Morgan fingerprint density at radius 1 is 1.13 bits per heavy atom. The summed E-state index contributed by atoms with van der Waals surface area (Å²) in [4.78, 5) is 13.6. The van der Waals surface area contributed by atoms with Gasteiger partial charge in [0.25, 0.3) is 0 Å². The van der Waals surface area contributed by atoms with Gasteiger partial charge in [-0.25, -0.2) is 0 Å². The Hall–Kier alpha value is -1.89. The predicted octanol–water partition coefficient (Wildman–Crippen LogP) is 4.99.